The molecule has 1 amide bonds. The highest BCUT2D eigenvalue weighted by molar-refractivity contribution is 7.89. The van der Waals surface area contributed by atoms with Gasteiger partial charge in [0.2, 0.25) is 10.0 Å². The van der Waals surface area contributed by atoms with E-state index in [1.165, 1.54) is 4.31 Å². The Morgan fingerprint density at radius 3 is 2.31 bits per heavy atom. The smallest absolute Gasteiger partial charge is 0.263 e. The molecule has 146 valence electrons. The topological polar surface area (TPSA) is 66.9 Å². The predicted octanol–water partition coefficient (Wildman–Crippen LogP) is 2.38. The Labute approximate surface area is 157 Å². The second-order valence-electron chi connectivity index (χ2n) is 7.08. The van der Waals surface area contributed by atoms with E-state index in [0.717, 1.165) is 16.9 Å². The molecule has 1 fully saturated rings. The molecular weight excluding hydrogens is 352 g/mol. The summed E-state index contributed by atoms with van der Waals surface area (Å²) in [7, 11) is -3.19. The second-order valence-corrected chi connectivity index (χ2v) is 9.34. The number of carbonyl (C=O) groups is 1. The molecule has 1 atom stereocenters. The van der Waals surface area contributed by atoms with Gasteiger partial charge in [-0.3, -0.25) is 4.79 Å². The van der Waals surface area contributed by atoms with Gasteiger partial charge in [-0.25, -0.2) is 8.42 Å². The van der Waals surface area contributed by atoms with Gasteiger partial charge in [-0.2, -0.15) is 4.31 Å². The highest BCUT2D eigenvalue weighted by Gasteiger charge is 2.30. The average molecular weight is 383 g/mol. The molecule has 0 N–H and O–H groups in total. The summed E-state index contributed by atoms with van der Waals surface area (Å²) in [6.45, 7) is 11.1. The lowest BCUT2D eigenvalue weighted by Crippen LogP contribution is -2.53. The molecule has 1 saturated heterocycles. The van der Waals surface area contributed by atoms with Crippen LogP contribution in [-0.4, -0.2) is 61.6 Å². The average Bonchev–Trinajstić information content (AvgIpc) is 2.61. The zero-order valence-electron chi connectivity index (χ0n) is 16.4. The van der Waals surface area contributed by atoms with Crippen molar-refractivity contribution in [2.75, 3.05) is 31.9 Å². The van der Waals surface area contributed by atoms with E-state index in [2.05, 4.69) is 13.8 Å². The van der Waals surface area contributed by atoms with Gasteiger partial charge >= 0.3 is 0 Å². The van der Waals surface area contributed by atoms with Crippen molar-refractivity contribution >= 4 is 15.9 Å². The molecule has 1 aromatic rings. The van der Waals surface area contributed by atoms with E-state index in [0.29, 0.717) is 32.1 Å². The number of nitrogens with zero attached hydrogens (tertiary/aromatic N) is 2. The molecule has 0 aromatic heterocycles. The maximum atomic E-state index is 12.7. The summed E-state index contributed by atoms with van der Waals surface area (Å²) in [5.74, 6) is 1.03. The van der Waals surface area contributed by atoms with Crippen LogP contribution in [0.25, 0.3) is 0 Å². The van der Waals surface area contributed by atoms with Crippen molar-refractivity contribution in [2.24, 2.45) is 0 Å². The van der Waals surface area contributed by atoms with Crippen LogP contribution in [0.4, 0.5) is 0 Å². The summed E-state index contributed by atoms with van der Waals surface area (Å²) in [6, 6.07) is 6.05. The first kappa shape index (κ1) is 20.7. The van der Waals surface area contributed by atoms with Crippen molar-refractivity contribution in [1.29, 1.82) is 0 Å². The molecule has 2 rings (SSSR count). The summed E-state index contributed by atoms with van der Waals surface area (Å²) in [6.07, 6.45) is -0.608. The molecule has 1 aromatic carbocycles. The Morgan fingerprint density at radius 1 is 1.15 bits per heavy atom. The molecular formula is C19H30N2O4S. The molecule has 7 heteroatoms. The van der Waals surface area contributed by atoms with Crippen molar-refractivity contribution in [1.82, 2.24) is 9.21 Å². The quantitative estimate of drug-likeness (QED) is 0.758. The largest absolute Gasteiger partial charge is 0.481 e. The molecule has 0 saturated carbocycles. The third kappa shape index (κ3) is 4.76. The first-order valence-electron chi connectivity index (χ1n) is 9.19. The van der Waals surface area contributed by atoms with Crippen LogP contribution in [0.5, 0.6) is 5.75 Å². The second kappa shape index (κ2) is 8.39. The van der Waals surface area contributed by atoms with Crippen molar-refractivity contribution in [3.63, 3.8) is 0 Å². The van der Waals surface area contributed by atoms with Crippen LogP contribution >= 0.6 is 0 Å². The van der Waals surface area contributed by atoms with Gasteiger partial charge in [0.1, 0.15) is 5.75 Å². The van der Waals surface area contributed by atoms with Crippen LogP contribution in [-0.2, 0) is 14.8 Å². The number of amides is 1. The van der Waals surface area contributed by atoms with Crippen molar-refractivity contribution < 1.29 is 17.9 Å². The highest BCUT2D eigenvalue weighted by Crippen LogP contribution is 2.28. The van der Waals surface area contributed by atoms with Crippen LogP contribution in [0.15, 0.2) is 18.2 Å². The lowest BCUT2D eigenvalue weighted by Gasteiger charge is -2.35. The summed E-state index contributed by atoms with van der Waals surface area (Å²) in [4.78, 5) is 14.4. The van der Waals surface area contributed by atoms with Gasteiger partial charge in [-0.1, -0.05) is 26.0 Å². The molecule has 0 bridgehead atoms. The Balaban J connectivity index is 2.02. The van der Waals surface area contributed by atoms with E-state index in [4.69, 9.17) is 4.74 Å². The van der Waals surface area contributed by atoms with Crippen LogP contribution < -0.4 is 4.74 Å². The van der Waals surface area contributed by atoms with Crippen molar-refractivity contribution in [3.05, 3.63) is 29.3 Å². The molecule has 6 nitrogen and oxygen atoms in total. The van der Waals surface area contributed by atoms with E-state index in [1.54, 1.807) is 18.7 Å². The molecule has 0 aliphatic carbocycles. The van der Waals surface area contributed by atoms with Crippen LogP contribution in [0, 0.1) is 6.92 Å². The number of hydrogen-bond acceptors (Lipinski definition) is 4. The van der Waals surface area contributed by atoms with E-state index in [1.807, 2.05) is 25.1 Å². The maximum absolute atomic E-state index is 12.7. The summed E-state index contributed by atoms with van der Waals surface area (Å²) in [5, 5.41) is 0. The van der Waals surface area contributed by atoms with Gasteiger partial charge < -0.3 is 9.64 Å². The maximum Gasteiger partial charge on any atom is 0.263 e. The van der Waals surface area contributed by atoms with Gasteiger partial charge in [-0.05, 0) is 43.9 Å². The molecule has 1 heterocycles. The molecule has 1 aliphatic heterocycles. The normalized spacial score (nSPS) is 17.4. The van der Waals surface area contributed by atoms with Gasteiger partial charge in [0.15, 0.2) is 6.10 Å². The minimum atomic E-state index is -3.19. The third-order valence-electron chi connectivity index (χ3n) is 4.75. The fraction of sp³-hybridized carbons (Fsp3) is 0.632. The lowest BCUT2D eigenvalue weighted by atomic mass is 10.0. The number of sulfonamides is 1. The van der Waals surface area contributed by atoms with Gasteiger partial charge in [0, 0.05) is 26.2 Å². The Hall–Kier alpha value is -1.60. The highest BCUT2D eigenvalue weighted by atomic mass is 32.2. The molecule has 0 radical (unpaired) electrons. The predicted molar refractivity (Wildman–Crippen MR) is 103 cm³/mol. The molecule has 26 heavy (non-hydrogen) atoms. The number of hydrogen-bond donors (Lipinski definition) is 0. The first-order valence-corrected chi connectivity index (χ1v) is 10.8. The number of benzene rings is 1. The van der Waals surface area contributed by atoms with Gasteiger partial charge in [0.25, 0.3) is 5.91 Å². The minimum absolute atomic E-state index is 0.0891. The number of piperazine rings is 1. The van der Waals surface area contributed by atoms with E-state index in [9.17, 15) is 13.2 Å². The number of ether oxygens (including phenoxy) is 1. The minimum Gasteiger partial charge on any atom is -0.481 e. The Bertz CT molecular complexity index is 738. The standard InChI is InChI=1S/C19H30N2O4S/c1-6-26(23,24)21-11-9-20(10-12-21)19(22)16(5)25-18-13-15(4)7-8-17(18)14(2)3/h7-8,13-14,16H,6,9-12H2,1-5H3. The van der Waals surface area contributed by atoms with E-state index < -0.39 is 16.1 Å². The molecule has 1 unspecified atom stereocenters. The SMILES string of the molecule is CCS(=O)(=O)N1CCN(C(=O)C(C)Oc2cc(C)ccc2C(C)C)CC1. The number of aryl methyl sites for hydroxylation is 1. The van der Waals surface area contributed by atoms with Crippen LogP contribution in [0.1, 0.15) is 44.7 Å². The number of rotatable bonds is 6. The van der Waals surface area contributed by atoms with Gasteiger partial charge in [0.05, 0.1) is 5.75 Å². The third-order valence-corrected chi connectivity index (χ3v) is 6.63. The fourth-order valence-electron chi connectivity index (χ4n) is 3.09. The Morgan fingerprint density at radius 2 is 1.77 bits per heavy atom. The van der Waals surface area contributed by atoms with Crippen molar-refractivity contribution in [3.8, 4) is 5.75 Å². The van der Waals surface area contributed by atoms with E-state index >= 15 is 0 Å². The summed E-state index contributed by atoms with van der Waals surface area (Å²) in [5.41, 5.74) is 2.16. The zero-order valence-corrected chi connectivity index (χ0v) is 17.2. The van der Waals surface area contributed by atoms with E-state index in [-0.39, 0.29) is 11.7 Å². The van der Waals surface area contributed by atoms with Crippen LogP contribution in [0.3, 0.4) is 0 Å². The monoisotopic (exact) mass is 382 g/mol. The Kier molecular flexibility index (Phi) is 6.69. The van der Waals surface area contributed by atoms with Crippen molar-refractivity contribution in [2.45, 2.75) is 46.6 Å². The van der Waals surface area contributed by atoms with Gasteiger partial charge in [-0.15, -0.1) is 0 Å². The lowest BCUT2D eigenvalue weighted by molar-refractivity contribution is -0.139. The number of carbonyl (C=O) groups excluding carboxylic acids is 1. The first-order chi connectivity index (χ1) is 12.2. The zero-order chi connectivity index (χ0) is 19.5. The molecule has 0 spiro atoms. The summed E-state index contributed by atoms with van der Waals surface area (Å²) < 4.78 is 31.3. The molecule has 1 aliphatic rings. The fourth-order valence-corrected chi connectivity index (χ4v) is 4.17. The van der Waals surface area contributed by atoms with Crippen LogP contribution in [0.2, 0.25) is 0 Å². The summed E-state index contributed by atoms with van der Waals surface area (Å²) >= 11 is 0.